The summed E-state index contributed by atoms with van der Waals surface area (Å²) in [7, 11) is 0. The molecule has 1 atom stereocenters. The molecule has 0 aliphatic heterocycles. The summed E-state index contributed by atoms with van der Waals surface area (Å²) in [6.45, 7) is -0.175. The van der Waals surface area contributed by atoms with E-state index in [1.807, 2.05) is 36.4 Å². The van der Waals surface area contributed by atoms with Gasteiger partial charge < -0.3 is 10.4 Å². The van der Waals surface area contributed by atoms with E-state index >= 15 is 0 Å². The number of nitrogens with zero attached hydrogens (tertiary/aromatic N) is 1. The highest BCUT2D eigenvalue weighted by molar-refractivity contribution is 5.94. The summed E-state index contributed by atoms with van der Waals surface area (Å²) in [5.74, 6) is -0.280. The fraction of sp³-hybridized carbons (Fsp3) is 0.125. The lowest BCUT2D eigenvalue weighted by Gasteiger charge is -2.16. The fourth-order valence-electron chi connectivity index (χ4n) is 1.86. The van der Waals surface area contributed by atoms with Crippen LogP contribution >= 0.6 is 0 Å². The second-order valence-electron chi connectivity index (χ2n) is 4.31. The maximum Gasteiger partial charge on any atom is 0.251 e. The van der Waals surface area contributed by atoms with Crippen LogP contribution in [-0.4, -0.2) is 17.6 Å². The SMILES string of the molecule is N#Cc1ccc(C(=O)N[C@@H](CO)c2ccccc2)cc1. The monoisotopic (exact) mass is 266 g/mol. The van der Waals surface area contributed by atoms with Gasteiger partial charge in [0.1, 0.15) is 0 Å². The van der Waals surface area contributed by atoms with Gasteiger partial charge in [0.05, 0.1) is 24.3 Å². The molecule has 2 aromatic carbocycles. The molecule has 1 amide bonds. The van der Waals surface area contributed by atoms with Gasteiger partial charge in [-0.15, -0.1) is 0 Å². The van der Waals surface area contributed by atoms with Crippen LogP contribution in [-0.2, 0) is 0 Å². The van der Waals surface area contributed by atoms with Gasteiger partial charge in [-0.25, -0.2) is 0 Å². The molecule has 0 fully saturated rings. The van der Waals surface area contributed by atoms with Crippen molar-refractivity contribution in [3.8, 4) is 6.07 Å². The minimum absolute atomic E-state index is 0.175. The molecule has 4 heteroatoms. The zero-order valence-electron chi connectivity index (χ0n) is 10.8. The van der Waals surface area contributed by atoms with Crippen molar-refractivity contribution in [2.24, 2.45) is 0 Å². The van der Waals surface area contributed by atoms with E-state index in [4.69, 9.17) is 5.26 Å². The molecule has 100 valence electrons. The number of aliphatic hydroxyl groups is 1. The third kappa shape index (κ3) is 3.22. The first kappa shape index (κ1) is 13.8. The number of aliphatic hydroxyl groups excluding tert-OH is 1. The molecule has 0 heterocycles. The lowest BCUT2D eigenvalue weighted by molar-refractivity contribution is 0.0916. The van der Waals surface area contributed by atoms with Crippen LogP contribution in [0.15, 0.2) is 54.6 Å². The van der Waals surface area contributed by atoms with Crippen LogP contribution in [0.4, 0.5) is 0 Å². The third-order valence-electron chi connectivity index (χ3n) is 2.97. The van der Waals surface area contributed by atoms with Gasteiger partial charge in [0, 0.05) is 5.56 Å². The highest BCUT2D eigenvalue weighted by Crippen LogP contribution is 2.13. The molecule has 0 saturated carbocycles. The smallest absolute Gasteiger partial charge is 0.251 e. The number of nitrogens with one attached hydrogen (secondary N) is 1. The predicted molar refractivity (Wildman–Crippen MR) is 74.9 cm³/mol. The first-order chi connectivity index (χ1) is 9.74. The molecule has 0 saturated heterocycles. The number of benzene rings is 2. The van der Waals surface area contributed by atoms with Gasteiger partial charge in [-0.1, -0.05) is 30.3 Å². The average molecular weight is 266 g/mol. The molecular weight excluding hydrogens is 252 g/mol. The van der Waals surface area contributed by atoms with Crippen molar-refractivity contribution in [3.05, 3.63) is 71.3 Å². The van der Waals surface area contributed by atoms with Crippen LogP contribution in [0.5, 0.6) is 0 Å². The van der Waals surface area contributed by atoms with E-state index in [0.29, 0.717) is 11.1 Å². The van der Waals surface area contributed by atoms with E-state index < -0.39 is 6.04 Å². The second kappa shape index (κ2) is 6.50. The minimum Gasteiger partial charge on any atom is -0.394 e. The Morgan fingerprint density at radius 2 is 1.80 bits per heavy atom. The Bertz CT molecular complexity index is 615. The number of nitriles is 1. The van der Waals surface area contributed by atoms with Gasteiger partial charge in [0.2, 0.25) is 0 Å². The van der Waals surface area contributed by atoms with Gasteiger partial charge in [-0.05, 0) is 29.8 Å². The van der Waals surface area contributed by atoms with Gasteiger partial charge >= 0.3 is 0 Å². The highest BCUT2D eigenvalue weighted by Gasteiger charge is 2.14. The molecule has 0 bridgehead atoms. The first-order valence-electron chi connectivity index (χ1n) is 6.21. The van der Waals surface area contributed by atoms with E-state index in [0.717, 1.165) is 5.56 Å². The molecule has 0 aliphatic carbocycles. The average Bonchev–Trinajstić information content (AvgIpc) is 2.53. The van der Waals surface area contributed by atoms with E-state index in [1.165, 1.54) is 0 Å². The van der Waals surface area contributed by atoms with Crippen molar-refractivity contribution in [1.82, 2.24) is 5.32 Å². The van der Waals surface area contributed by atoms with Crippen LogP contribution in [0.25, 0.3) is 0 Å². The Kier molecular flexibility index (Phi) is 4.48. The van der Waals surface area contributed by atoms with Crippen molar-refractivity contribution >= 4 is 5.91 Å². The highest BCUT2D eigenvalue weighted by atomic mass is 16.3. The zero-order chi connectivity index (χ0) is 14.4. The number of amides is 1. The van der Waals surface area contributed by atoms with Crippen molar-refractivity contribution < 1.29 is 9.90 Å². The topological polar surface area (TPSA) is 73.1 Å². The Morgan fingerprint density at radius 1 is 1.15 bits per heavy atom. The molecule has 0 spiro atoms. The standard InChI is InChI=1S/C16H14N2O2/c17-10-12-6-8-14(9-7-12)16(20)18-15(11-19)13-4-2-1-3-5-13/h1-9,15,19H,11H2,(H,18,20)/t15-/m0/s1. The van der Waals surface area contributed by atoms with E-state index in [2.05, 4.69) is 5.32 Å². The van der Waals surface area contributed by atoms with Crippen molar-refractivity contribution in [2.45, 2.75) is 6.04 Å². The van der Waals surface area contributed by atoms with Crippen molar-refractivity contribution in [3.63, 3.8) is 0 Å². The van der Waals surface area contributed by atoms with Crippen molar-refractivity contribution in [1.29, 1.82) is 5.26 Å². The maximum absolute atomic E-state index is 12.1. The molecule has 2 rings (SSSR count). The molecule has 20 heavy (non-hydrogen) atoms. The quantitative estimate of drug-likeness (QED) is 0.889. The summed E-state index contributed by atoms with van der Waals surface area (Å²) in [4.78, 5) is 12.1. The lowest BCUT2D eigenvalue weighted by atomic mass is 10.1. The van der Waals surface area contributed by atoms with Gasteiger partial charge in [0.25, 0.3) is 5.91 Å². The lowest BCUT2D eigenvalue weighted by Crippen LogP contribution is -2.30. The van der Waals surface area contributed by atoms with E-state index in [1.54, 1.807) is 24.3 Å². The van der Waals surface area contributed by atoms with Crippen LogP contribution in [0.2, 0.25) is 0 Å². The molecule has 2 aromatic rings. The zero-order valence-corrected chi connectivity index (χ0v) is 10.8. The van der Waals surface area contributed by atoms with Gasteiger partial charge in [-0.3, -0.25) is 4.79 Å². The molecule has 2 N–H and O–H groups in total. The largest absolute Gasteiger partial charge is 0.394 e. The Morgan fingerprint density at radius 3 is 2.35 bits per heavy atom. The molecular formula is C16H14N2O2. The van der Waals surface area contributed by atoms with E-state index in [-0.39, 0.29) is 12.5 Å². The number of carbonyl (C=O) groups excluding carboxylic acids is 1. The Balaban J connectivity index is 2.11. The summed E-state index contributed by atoms with van der Waals surface area (Å²) < 4.78 is 0. The molecule has 0 aliphatic rings. The first-order valence-corrected chi connectivity index (χ1v) is 6.21. The summed E-state index contributed by atoms with van der Waals surface area (Å²) in [5, 5.41) is 20.9. The van der Waals surface area contributed by atoms with Gasteiger partial charge in [0.15, 0.2) is 0 Å². The van der Waals surface area contributed by atoms with Crippen LogP contribution in [0.1, 0.15) is 27.5 Å². The summed E-state index contributed by atoms with van der Waals surface area (Å²) in [6, 6.07) is 17.2. The summed E-state index contributed by atoms with van der Waals surface area (Å²) in [6.07, 6.45) is 0. The fourth-order valence-corrected chi connectivity index (χ4v) is 1.86. The maximum atomic E-state index is 12.1. The number of hydrogen-bond acceptors (Lipinski definition) is 3. The summed E-state index contributed by atoms with van der Waals surface area (Å²) >= 11 is 0. The number of hydrogen-bond donors (Lipinski definition) is 2. The van der Waals surface area contributed by atoms with Crippen molar-refractivity contribution in [2.75, 3.05) is 6.61 Å². The van der Waals surface area contributed by atoms with E-state index in [9.17, 15) is 9.90 Å². The molecule has 4 nitrogen and oxygen atoms in total. The molecule has 0 unspecified atom stereocenters. The van der Waals surface area contributed by atoms with Crippen LogP contribution < -0.4 is 5.32 Å². The normalized spacial score (nSPS) is 11.4. The van der Waals surface area contributed by atoms with Crippen LogP contribution in [0.3, 0.4) is 0 Å². The molecule has 0 radical (unpaired) electrons. The molecule has 0 aromatic heterocycles. The van der Waals surface area contributed by atoms with Gasteiger partial charge in [-0.2, -0.15) is 5.26 Å². The Hall–Kier alpha value is -2.64. The third-order valence-corrected chi connectivity index (χ3v) is 2.97. The van der Waals surface area contributed by atoms with Crippen LogP contribution in [0, 0.1) is 11.3 Å². The number of rotatable bonds is 4. The summed E-state index contributed by atoms with van der Waals surface area (Å²) in [5.41, 5.74) is 1.80. The minimum atomic E-state index is -0.445. The number of carbonyl (C=O) groups is 1. The Labute approximate surface area is 117 Å². The second-order valence-corrected chi connectivity index (χ2v) is 4.31. The predicted octanol–water partition coefficient (Wildman–Crippen LogP) is 2.02.